The van der Waals surface area contributed by atoms with Crippen molar-refractivity contribution in [3.05, 3.63) is 48.3 Å². The number of nitrogen functional groups attached to an aromatic ring is 1. The highest BCUT2D eigenvalue weighted by atomic mass is 16.5. The van der Waals surface area contributed by atoms with Crippen LogP contribution in [0, 0.1) is 0 Å². The number of hydrogen-bond acceptors (Lipinski definition) is 4. The third-order valence-corrected chi connectivity index (χ3v) is 2.45. The molecule has 17 heavy (non-hydrogen) atoms. The molecule has 0 spiro atoms. The van der Waals surface area contributed by atoms with E-state index in [1.165, 1.54) is 13.3 Å². The van der Waals surface area contributed by atoms with Crippen LogP contribution in [0.1, 0.15) is 10.4 Å². The van der Waals surface area contributed by atoms with Crippen molar-refractivity contribution in [3.63, 3.8) is 0 Å². The number of hydrogen-bond donors (Lipinski definition) is 1. The van der Waals surface area contributed by atoms with Gasteiger partial charge in [0.1, 0.15) is 0 Å². The zero-order valence-corrected chi connectivity index (χ0v) is 9.38. The van der Waals surface area contributed by atoms with Gasteiger partial charge in [-0.3, -0.25) is 4.98 Å². The van der Waals surface area contributed by atoms with E-state index in [9.17, 15) is 4.79 Å². The molecule has 0 saturated carbocycles. The van der Waals surface area contributed by atoms with E-state index in [1.54, 1.807) is 6.20 Å². The van der Waals surface area contributed by atoms with Gasteiger partial charge in [-0.25, -0.2) is 4.79 Å². The van der Waals surface area contributed by atoms with Crippen molar-refractivity contribution in [1.29, 1.82) is 0 Å². The van der Waals surface area contributed by atoms with Gasteiger partial charge in [0.25, 0.3) is 0 Å². The third-order valence-electron chi connectivity index (χ3n) is 2.45. The number of esters is 1. The van der Waals surface area contributed by atoms with E-state index in [-0.39, 0.29) is 0 Å². The number of ether oxygens (including phenoxy) is 1. The molecule has 0 radical (unpaired) electrons. The van der Waals surface area contributed by atoms with Gasteiger partial charge in [-0.15, -0.1) is 0 Å². The van der Waals surface area contributed by atoms with Crippen molar-refractivity contribution in [1.82, 2.24) is 4.98 Å². The molecule has 2 rings (SSSR count). The minimum absolute atomic E-state index is 0.318. The topological polar surface area (TPSA) is 65.2 Å². The SMILES string of the molecule is COC(=O)c1c(N)cncc1-c1ccccc1. The lowest BCUT2D eigenvalue weighted by Crippen LogP contribution is -2.08. The van der Waals surface area contributed by atoms with Gasteiger partial charge in [-0.05, 0) is 5.56 Å². The molecule has 2 N–H and O–H groups in total. The van der Waals surface area contributed by atoms with Crippen molar-refractivity contribution in [2.45, 2.75) is 0 Å². The van der Waals surface area contributed by atoms with E-state index in [4.69, 9.17) is 10.5 Å². The van der Waals surface area contributed by atoms with Gasteiger partial charge in [0.2, 0.25) is 0 Å². The quantitative estimate of drug-likeness (QED) is 0.799. The van der Waals surface area contributed by atoms with Gasteiger partial charge in [0.15, 0.2) is 0 Å². The second-order valence-corrected chi connectivity index (χ2v) is 3.51. The fourth-order valence-corrected chi connectivity index (χ4v) is 1.64. The Balaban J connectivity index is 2.62. The monoisotopic (exact) mass is 228 g/mol. The number of nitrogens with two attached hydrogens (primary N) is 1. The highest BCUT2D eigenvalue weighted by molar-refractivity contribution is 6.01. The molecular weight excluding hydrogens is 216 g/mol. The van der Waals surface area contributed by atoms with Crippen LogP contribution in [0.2, 0.25) is 0 Å². The maximum Gasteiger partial charge on any atom is 0.340 e. The molecule has 0 aliphatic heterocycles. The van der Waals surface area contributed by atoms with E-state index < -0.39 is 5.97 Å². The summed E-state index contributed by atoms with van der Waals surface area (Å²) in [6, 6.07) is 9.46. The van der Waals surface area contributed by atoms with Crippen molar-refractivity contribution in [2.24, 2.45) is 0 Å². The molecule has 0 fully saturated rings. The number of methoxy groups -OCH3 is 1. The van der Waals surface area contributed by atoms with Crippen LogP contribution in [0.25, 0.3) is 11.1 Å². The predicted octanol–water partition coefficient (Wildman–Crippen LogP) is 2.12. The predicted molar refractivity (Wildman–Crippen MR) is 65.4 cm³/mol. The summed E-state index contributed by atoms with van der Waals surface area (Å²) in [6.07, 6.45) is 3.05. The summed E-state index contributed by atoms with van der Waals surface area (Å²) in [7, 11) is 1.33. The van der Waals surface area contributed by atoms with Crippen LogP contribution >= 0.6 is 0 Å². The first kappa shape index (κ1) is 11.1. The van der Waals surface area contributed by atoms with E-state index in [1.807, 2.05) is 30.3 Å². The molecule has 1 heterocycles. The molecule has 86 valence electrons. The Bertz CT molecular complexity index is 538. The molecular formula is C13H12N2O2. The van der Waals surface area contributed by atoms with Gasteiger partial charge < -0.3 is 10.5 Å². The molecule has 0 aliphatic rings. The highest BCUT2D eigenvalue weighted by Crippen LogP contribution is 2.26. The number of rotatable bonds is 2. The zero-order chi connectivity index (χ0) is 12.3. The molecule has 2 aromatic rings. The van der Waals surface area contributed by atoms with Crippen molar-refractivity contribution >= 4 is 11.7 Å². The molecule has 1 aromatic heterocycles. The average Bonchev–Trinajstić information content (AvgIpc) is 2.38. The smallest absolute Gasteiger partial charge is 0.340 e. The number of anilines is 1. The van der Waals surface area contributed by atoms with Gasteiger partial charge in [-0.2, -0.15) is 0 Å². The maximum atomic E-state index is 11.7. The molecule has 4 heteroatoms. The van der Waals surface area contributed by atoms with Crippen LogP contribution in [0.3, 0.4) is 0 Å². The Labute approximate surface area is 99.1 Å². The van der Waals surface area contributed by atoms with Crippen LogP contribution in [0.4, 0.5) is 5.69 Å². The number of benzene rings is 1. The maximum absolute atomic E-state index is 11.7. The Morgan fingerprint density at radius 3 is 2.59 bits per heavy atom. The first-order chi connectivity index (χ1) is 8.24. The normalized spacial score (nSPS) is 9.94. The summed E-state index contributed by atoms with van der Waals surface area (Å²) in [5.41, 5.74) is 8.01. The number of aromatic nitrogens is 1. The van der Waals surface area contributed by atoms with Crippen LogP contribution in [-0.2, 0) is 4.74 Å². The summed E-state index contributed by atoms with van der Waals surface area (Å²) in [5, 5.41) is 0. The summed E-state index contributed by atoms with van der Waals surface area (Å²) in [5.74, 6) is -0.455. The second-order valence-electron chi connectivity index (χ2n) is 3.51. The highest BCUT2D eigenvalue weighted by Gasteiger charge is 2.16. The average molecular weight is 228 g/mol. The number of carbonyl (C=O) groups excluding carboxylic acids is 1. The summed E-state index contributed by atoms with van der Waals surface area (Å²) in [6.45, 7) is 0. The van der Waals surface area contributed by atoms with E-state index >= 15 is 0 Å². The Hall–Kier alpha value is -2.36. The van der Waals surface area contributed by atoms with E-state index in [2.05, 4.69) is 4.98 Å². The zero-order valence-electron chi connectivity index (χ0n) is 9.38. The van der Waals surface area contributed by atoms with Crippen LogP contribution in [0.15, 0.2) is 42.7 Å². The van der Waals surface area contributed by atoms with Crippen molar-refractivity contribution in [2.75, 3.05) is 12.8 Å². The molecule has 0 saturated heterocycles. The van der Waals surface area contributed by atoms with Crippen LogP contribution in [-0.4, -0.2) is 18.1 Å². The van der Waals surface area contributed by atoms with Crippen LogP contribution in [0.5, 0.6) is 0 Å². The molecule has 0 bridgehead atoms. The largest absolute Gasteiger partial charge is 0.465 e. The summed E-state index contributed by atoms with van der Waals surface area (Å²) >= 11 is 0. The Morgan fingerprint density at radius 1 is 1.24 bits per heavy atom. The van der Waals surface area contributed by atoms with Crippen LogP contribution < -0.4 is 5.73 Å². The Kier molecular flexibility index (Phi) is 3.05. The molecule has 4 nitrogen and oxygen atoms in total. The van der Waals surface area contributed by atoms with E-state index in [0.29, 0.717) is 16.8 Å². The molecule has 0 amide bonds. The minimum Gasteiger partial charge on any atom is -0.465 e. The standard InChI is InChI=1S/C13H12N2O2/c1-17-13(16)12-10(7-15-8-11(12)14)9-5-3-2-4-6-9/h2-8H,14H2,1H3. The number of nitrogens with zero attached hydrogens (tertiary/aromatic N) is 1. The van der Waals surface area contributed by atoms with Gasteiger partial charge in [0.05, 0.1) is 24.6 Å². The molecule has 0 unspecified atom stereocenters. The lowest BCUT2D eigenvalue weighted by atomic mass is 10.0. The fraction of sp³-hybridized carbons (Fsp3) is 0.0769. The summed E-state index contributed by atoms with van der Waals surface area (Å²) in [4.78, 5) is 15.7. The number of pyridine rings is 1. The Morgan fingerprint density at radius 2 is 1.94 bits per heavy atom. The van der Waals surface area contributed by atoms with Crippen molar-refractivity contribution in [3.8, 4) is 11.1 Å². The third kappa shape index (κ3) is 2.10. The van der Waals surface area contributed by atoms with Gasteiger partial charge >= 0.3 is 5.97 Å². The van der Waals surface area contributed by atoms with Gasteiger partial charge in [0, 0.05) is 11.8 Å². The fourth-order valence-electron chi connectivity index (χ4n) is 1.64. The van der Waals surface area contributed by atoms with E-state index in [0.717, 1.165) is 5.56 Å². The lowest BCUT2D eigenvalue weighted by Gasteiger charge is -2.09. The first-order valence-electron chi connectivity index (χ1n) is 5.11. The molecule has 0 atom stereocenters. The van der Waals surface area contributed by atoms with Gasteiger partial charge in [-0.1, -0.05) is 30.3 Å². The molecule has 0 aliphatic carbocycles. The lowest BCUT2D eigenvalue weighted by molar-refractivity contribution is 0.0602. The number of carbonyl (C=O) groups is 1. The van der Waals surface area contributed by atoms with Crippen molar-refractivity contribution < 1.29 is 9.53 Å². The second kappa shape index (κ2) is 4.65. The first-order valence-corrected chi connectivity index (χ1v) is 5.11. The minimum atomic E-state index is -0.455. The summed E-state index contributed by atoms with van der Waals surface area (Å²) < 4.78 is 4.73. The molecule has 1 aromatic carbocycles.